The summed E-state index contributed by atoms with van der Waals surface area (Å²) in [5.74, 6) is 0.342. The highest BCUT2D eigenvalue weighted by Crippen LogP contribution is 2.26. The van der Waals surface area contributed by atoms with Gasteiger partial charge in [-0.3, -0.25) is 0 Å². The Bertz CT molecular complexity index is 531. The summed E-state index contributed by atoms with van der Waals surface area (Å²) >= 11 is 0. The van der Waals surface area contributed by atoms with Crippen molar-refractivity contribution in [3.8, 4) is 5.75 Å². The van der Waals surface area contributed by atoms with Gasteiger partial charge in [0.25, 0.3) is 0 Å². The minimum Gasteiger partial charge on any atom is -0.495 e. The fraction of sp³-hybridized carbons (Fsp3) is 0.500. The molecule has 0 fully saturated rings. The first kappa shape index (κ1) is 15.7. The van der Waals surface area contributed by atoms with E-state index in [2.05, 4.69) is 0 Å². The molecule has 0 aliphatic heterocycles. The first-order chi connectivity index (χ1) is 8.84. The van der Waals surface area contributed by atoms with Crippen molar-refractivity contribution in [1.82, 2.24) is 4.31 Å². The molecule has 0 heterocycles. The second-order valence-electron chi connectivity index (χ2n) is 4.23. The summed E-state index contributed by atoms with van der Waals surface area (Å²) < 4.78 is 36.1. The van der Waals surface area contributed by atoms with Crippen LogP contribution >= 0.6 is 0 Å². The van der Waals surface area contributed by atoms with Crippen LogP contribution in [0.2, 0.25) is 0 Å². The van der Waals surface area contributed by atoms with E-state index < -0.39 is 10.0 Å². The molecule has 0 saturated carbocycles. The highest BCUT2D eigenvalue weighted by molar-refractivity contribution is 7.89. The number of nitrogens with zero attached hydrogens (tertiary/aromatic N) is 1. The molecule has 6 nitrogen and oxygen atoms in total. The Morgan fingerprint density at radius 2 is 2.00 bits per heavy atom. The van der Waals surface area contributed by atoms with E-state index in [0.29, 0.717) is 18.0 Å². The second kappa shape index (κ2) is 6.23. The van der Waals surface area contributed by atoms with Gasteiger partial charge in [-0.15, -0.1) is 0 Å². The fourth-order valence-electron chi connectivity index (χ4n) is 1.60. The summed E-state index contributed by atoms with van der Waals surface area (Å²) in [6.45, 7) is 2.09. The molecule has 0 bridgehead atoms. The average Bonchev–Trinajstić information content (AvgIpc) is 2.38. The number of nitrogen functional groups attached to an aromatic ring is 1. The van der Waals surface area contributed by atoms with Crippen molar-refractivity contribution in [1.29, 1.82) is 0 Å². The van der Waals surface area contributed by atoms with Gasteiger partial charge in [0.05, 0.1) is 24.3 Å². The lowest BCUT2D eigenvalue weighted by Gasteiger charge is -2.24. The highest BCUT2D eigenvalue weighted by Gasteiger charge is 2.26. The maximum absolute atomic E-state index is 12.4. The van der Waals surface area contributed by atoms with Crippen molar-refractivity contribution in [2.24, 2.45) is 0 Å². The lowest BCUT2D eigenvalue weighted by molar-refractivity contribution is 0.149. The average molecular weight is 288 g/mol. The number of benzene rings is 1. The van der Waals surface area contributed by atoms with Crippen LogP contribution in [-0.4, -0.2) is 46.6 Å². The van der Waals surface area contributed by atoms with Crippen molar-refractivity contribution in [3.05, 3.63) is 18.2 Å². The van der Waals surface area contributed by atoms with Gasteiger partial charge in [-0.25, -0.2) is 8.42 Å². The predicted molar refractivity (Wildman–Crippen MR) is 73.7 cm³/mol. The summed E-state index contributed by atoms with van der Waals surface area (Å²) in [4.78, 5) is 0.143. The van der Waals surface area contributed by atoms with Gasteiger partial charge in [0, 0.05) is 26.3 Å². The molecule has 19 heavy (non-hydrogen) atoms. The van der Waals surface area contributed by atoms with E-state index in [-0.39, 0.29) is 10.9 Å². The molecule has 0 radical (unpaired) electrons. The van der Waals surface area contributed by atoms with Crippen LogP contribution in [0.4, 0.5) is 5.69 Å². The zero-order valence-corrected chi connectivity index (χ0v) is 12.4. The number of hydrogen-bond donors (Lipinski definition) is 1. The van der Waals surface area contributed by atoms with E-state index >= 15 is 0 Å². The molecule has 0 aliphatic rings. The maximum Gasteiger partial charge on any atom is 0.243 e. The number of methoxy groups -OCH3 is 2. The third kappa shape index (κ3) is 3.37. The topological polar surface area (TPSA) is 81.9 Å². The minimum absolute atomic E-state index is 0.143. The zero-order valence-electron chi connectivity index (χ0n) is 11.6. The second-order valence-corrected chi connectivity index (χ2v) is 6.23. The van der Waals surface area contributed by atoms with Crippen LogP contribution in [0.3, 0.4) is 0 Å². The Morgan fingerprint density at radius 1 is 1.37 bits per heavy atom. The van der Waals surface area contributed by atoms with E-state index in [4.69, 9.17) is 15.2 Å². The Morgan fingerprint density at radius 3 is 2.53 bits per heavy atom. The number of sulfonamides is 1. The number of likely N-dealkylation sites (N-methyl/N-ethyl adjacent to an activating group) is 1. The minimum atomic E-state index is -3.59. The molecule has 2 N–H and O–H groups in total. The van der Waals surface area contributed by atoms with E-state index in [9.17, 15) is 8.42 Å². The van der Waals surface area contributed by atoms with Gasteiger partial charge in [-0.05, 0) is 19.1 Å². The molecule has 1 atom stereocenters. The summed E-state index contributed by atoms with van der Waals surface area (Å²) in [7, 11) is 0.898. The monoisotopic (exact) mass is 288 g/mol. The van der Waals surface area contributed by atoms with Crippen LogP contribution in [-0.2, 0) is 14.8 Å². The van der Waals surface area contributed by atoms with Gasteiger partial charge in [0.1, 0.15) is 5.75 Å². The van der Waals surface area contributed by atoms with E-state index in [0.717, 1.165) is 0 Å². The quantitative estimate of drug-likeness (QED) is 0.788. The molecule has 7 heteroatoms. The van der Waals surface area contributed by atoms with Crippen molar-refractivity contribution in [3.63, 3.8) is 0 Å². The fourth-order valence-corrected chi connectivity index (χ4v) is 2.96. The maximum atomic E-state index is 12.4. The SMILES string of the molecule is COCC(C)N(C)S(=O)(=O)c1ccc(N)c(OC)c1. The first-order valence-corrected chi connectivity index (χ1v) is 7.19. The Balaban J connectivity index is 3.13. The van der Waals surface area contributed by atoms with Gasteiger partial charge in [-0.1, -0.05) is 0 Å². The van der Waals surface area contributed by atoms with Gasteiger partial charge in [0.2, 0.25) is 10.0 Å². The number of hydrogen-bond acceptors (Lipinski definition) is 5. The molecule has 0 aliphatic carbocycles. The molecule has 0 amide bonds. The standard InChI is InChI=1S/C12H20N2O4S/c1-9(8-17-3)14(2)19(15,16)10-5-6-11(13)12(7-10)18-4/h5-7,9H,8,13H2,1-4H3. The first-order valence-electron chi connectivity index (χ1n) is 5.75. The van der Waals surface area contributed by atoms with E-state index in [1.165, 1.54) is 43.8 Å². The van der Waals surface area contributed by atoms with Crippen LogP contribution < -0.4 is 10.5 Å². The van der Waals surface area contributed by atoms with Crippen molar-refractivity contribution >= 4 is 15.7 Å². The van der Waals surface area contributed by atoms with E-state index in [1.54, 1.807) is 6.92 Å². The van der Waals surface area contributed by atoms with Crippen LogP contribution in [0, 0.1) is 0 Å². The Hall–Kier alpha value is -1.31. The number of nitrogens with two attached hydrogens (primary N) is 1. The van der Waals surface area contributed by atoms with Gasteiger partial charge < -0.3 is 15.2 Å². The van der Waals surface area contributed by atoms with Crippen LogP contribution in [0.15, 0.2) is 23.1 Å². The number of ether oxygens (including phenoxy) is 2. The molecule has 1 aromatic carbocycles. The third-order valence-electron chi connectivity index (χ3n) is 2.91. The van der Waals surface area contributed by atoms with Crippen molar-refractivity contribution < 1.29 is 17.9 Å². The molecule has 1 rings (SSSR count). The third-order valence-corrected chi connectivity index (χ3v) is 4.88. The molecule has 1 unspecified atom stereocenters. The van der Waals surface area contributed by atoms with Crippen molar-refractivity contribution in [2.45, 2.75) is 17.9 Å². The Labute approximate surface area is 114 Å². The van der Waals surface area contributed by atoms with Gasteiger partial charge in [-0.2, -0.15) is 4.31 Å². The summed E-state index contributed by atoms with van der Waals surface area (Å²) in [6, 6.07) is 4.13. The number of rotatable bonds is 6. The highest BCUT2D eigenvalue weighted by atomic mass is 32.2. The van der Waals surface area contributed by atoms with Crippen LogP contribution in [0.5, 0.6) is 5.75 Å². The molecule has 0 aromatic heterocycles. The molecular formula is C12H20N2O4S. The lowest BCUT2D eigenvalue weighted by Crippen LogP contribution is -2.37. The van der Waals surface area contributed by atoms with Crippen LogP contribution in [0.1, 0.15) is 6.92 Å². The smallest absolute Gasteiger partial charge is 0.243 e. The normalized spacial score (nSPS) is 13.5. The zero-order chi connectivity index (χ0) is 14.6. The van der Waals surface area contributed by atoms with E-state index in [1.807, 2.05) is 0 Å². The molecule has 108 valence electrons. The predicted octanol–water partition coefficient (Wildman–Crippen LogP) is 0.933. The summed E-state index contributed by atoms with van der Waals surface area (Å²) in [5.41, 5.74) is 6.07. The molecular weight excluding hydrogens is 268 g/mol. The van der Waals surface area contributed by atoms with Gasteiger partial charge >= 0.3 is 0 Å². The largest absolute Gasteiger partial charge is 0.495 e. The number of anilines is 1. The molecule has 1 aromatic rings. The lowest BCUT2D eigenvalue weighted by atomic mass is 10.3. The van der Waals surface area contributed by atoms with Crippen molar-refractivity contribution in [2.75, 3.05) is 33.6 Å². The molecule has 0 spiro atoms. The Kier molecular flexibility index (Phi) is 5.16. The summed E-state index contributed by atoms with van der Waals surface area (Å²) in [5, 5.41) is 0. The molecule has 0 saturated heterocycles. The van der Waals surface area contributed by atoms with Crippen LogP contribution in [0.25, 0.3) is 0 Å². The van der Waals surface area contributed by atoms with Gasteiger partial charge in [0.15, 0.2) is 0 Å². The summed E-state index contributed by atoms with van der Waals surface area (Å²) in [6.07, 6.45) is 0.